The molecule has 0 fully saturated rings. The molecule has 0 aliphatic carbocycles. The van der Waals surface area contributed by atoms with Gasteiger partial charge in [0.1, 0.15) is 13.2 Å². The molecule has 0 aromatic carbocycles. The van der Waals surface area contributed by atoms with Crippen LogP contribution in [0.15, 0.2) is 122 Å². The molecule has 0 bridgehead atoms. The molecule has 0 aromatic rings. The van der Waals surface area contributed by atoms with Gasteiger partial charge >= 0.3 is 17.9 Å². The second kappa shape index (κ2) is 53.4. The molecule has 66 heavy (non-hydrogen) atoms. The molecule has 0 aliphatic heterocycles. The summed E-state index contributed by atoms with van der Waals surface area (Å²) in [5, 5.41) is 0. The molecule has 0 heterocycles. The Bertz CT molecular complexity index is 1420. The average Bonchev–Trinajstić information content (AvgIpc) is 3.31. The number of carbonyl (C=O) groups excluding carboxylic acids is 3. The van der Waals surface area contributed by atoms with Crippen molar-refractivity contribution in [2.75, 3.05) is 13.2 Å². The molecular weight excluding hydrogens is 817 g/mol. The number of carbonyl (C=O) groups is 3. The van der Waals surface area contributed by atoms with Crippen LogP contribution in [0, 0.1) is 0 Å². The molecule has 1 atom stereocenters. The second-order valence-electron chi connectivity index (χ2n) is 17.0. The van der Waals surface area contributed by atoms with Crippen molar-refractivity contribution in [2.45, 2.75) is 226 Å². The van der Waals surface area contributed by atoms with Crippen molar-refractivity contribution in [3.05, 3.63) is 122 Å². The Balaban J connectivity index is 4.40. The summed E-state index contributed by atoms with van der Waals surface area (Å²) in [4.78, 5) is 38.0. The van der Waals surface area contributed by atoms with E-state index in [1.165, 1.54) is 38.5 Å². The highest BCUT2D eigenvalue weighted by Crippen LogP contribution is 2.13. The van der Waals surface area contributed by atoms with E-state index in [2.05, 4.69) is 142 Å². The van der Waals surface area contributed by atoms with E-state index in [1.54, 1.807) is 0 Å². The standard InChI is InChI=1S/C60H96O6/c1-4-7-10-13-16-19-22-24-26-27-28-29-30-31-32-33-35-36-38-41-44-47-50-53-59(62)65-56-57(55-64-58(61)52-49-46-43-40-21-18-15-12-9-6-3)66-60(63)54-51-48-45-42-39-37-34-25-23-20-17-14-11-8-5-2/h7-8,10-12,15-17,19-20,24-26,28-29,31-32,34,39,42,57H,4-6,9,13-14,18,21-23,27,30,33,35-38,40-41,43-56H2,1-3H3/b10-7-,11-8-,15-12-,19-16-,20-17-,26-24-,29-28-,32-31-,34-25-,42-39-. The highest BCUT2D eigenvalue weighted by Gasteiger charge is 2.19. The van der Waals surface area contributed by atoms with E-state index in [-0.39, 0.29) is 37.5 Å². The Labute approximate surface area is 405 Å². The number of esters is 3. The maximum Gasteiger partial charge on any atom is 0.306 e. The normalized spacial score (nSPS) is 13.1. The van der Waals surface area contributed by atoms with E-state index >= 15 is 0 Å². The Kier molecular flexibility index (Phi) is 50.0. The lowest BCUT2D eigenvalue weighted by Crippen LogP contribution is -2.30. The predicted molar refractivity (Wildman–Crippen MR) is 283 cm³/mol. The van der Waals surface area contributed by atoms with E-state index in [4.69, 9.17) is 14.2 Å². The fourth-order valence-corrected chi connectivity index (χ4v) is 6.75. The van der Waals surface area contributed by atoms with Gasteiger partial charge in [-0.3, -0.25) is 14.4 Å². The van der Waals surface area contributed by atoms with Gasteiger partial charge in [0, 0.05) is 19.3 Å². The summed E-state index contributed by atoms with van der Waals surface area (Å²) in [5.74, 6) is -0.977. The molecule has 6 heteroatoms. The maximum absolute atomic E-state index is 12.8. The number of unbranched alkanes of at least 4 members (excludes halogenated alkanes) is 15. The van der Waals surface area contributed by atoms with Crippen LogP contribution in [0.1, 0.15) is 220 Å². The molecule has 0 rings (SSSR count). The van der Waals surface area contributed by atoms with Crippen LogP contribution in [-0.4, -0.2) is 37.2 Å². The molecule has 0 radical (unpaired) electrons. The first kappa shape index (κ1) is 61.8. The van der Waals surface area contributed by atoms with Gasteiger partial charge in [-0.1, -0.05) is 200 Å². The van der Waals surface area contributed by atoms with Crippen LogP contribution in [-0.2, 0) is 28.6 Å². The summed E-state index contributed by atoms with van der Waals surface area (Å²) < 4.78 is 16.7. The van der Waals surface area contributed by atoms with Gasteiger partial charge in [0.05, 0.1) is 0 Å². The third kappa shape index (κ3) is 50.8. The summed E-state index contributed by atoms with van der Waals surface area (Å²) >= 11 is 0. The molecule has 0 aromatic heterocycles. The highest BCUT2D eigenvalue weighted by atomic mass is 16.6. The lowest BCUT2D eigenvalue weighted by Gasteiger charge is -2.18. The zero-order chi connectivity index (χ0) is 47.9. The summed E-state index contributed by atoms with van der Waals surface area (Å²) in [6.07, 6.45) is 73.3. The lowest BCUT2D eigenvalue weighted by molar-refractivity contribution is -0.167. The smallest absolute Gasteiger partial charge is 0.306 e. The van der Waals surface area contributed by atoms with Crippen molar-refractivity contribution >= 4 is 17.9 Å². The molecule has 0 aliphatic rings. The van der Waals surface area contributed by atoms with Crippen LogP contribution in [0.5, 0.6) is 0 Å². The fraction of sp³-hybridized carbons (Fsp3) is 0.617. The molecule has 1 unspecified atom stereocenters. The summed E-state index contributed by atoms with van der Waals surface area (Å²) in [5.41, 5.74) is 0. The van der Waals surface area contributed by atoms with Gasteiger partial charge in [-0.05, 0) is 122 Å². The van der Waals surface area contributed by atoms with E-state index in [0.717, 1.165) is 135 Å². The topological polar surface area (TPSA) is 78.9 Å². The molecule has 0 saturated heterocycles. The third-order valence-corrected chi connectivity index (χ3v) is 10.7. The highest BCUT2D eigenvalue weighted by molar-refractivity contribution is 5.71. The van der Waals surface area contributed by atoms with Gasteiger partial charge in [0.25, 0.3) is 0 Å². The first-order valence-electron chi connectivity index (χ1n) is 26.5. The van der Waals surface area contributed by atoms with Crippen LogP contribution < -0.4 is 0 Å². The maximum atomic E-state index is 12.8. The summed E-state index contributed by atoms with van der Waals surface area (Å²) in [6.45, 7) is 6.28. The third-order valence-electron chi connectivity index (χ3n) is 10.7. The summed E-state index contributed by atoms with van der Waals surface area (Å²) in [6, 6.07) is 0. The Hall–Kier alpha value is -4.19. The quantitative estimate of drug-likeness (QED) is 0.0262. The van der Waals surface area contributed by atoms with Crippen molar-refractivity contribution in [3.8, 4) is 0 Å². The van der Waals surface area contributed by atoms with Crippen LogP contribution in [0.2, 0.25) is 0 Å². The number of hydrogen-bond acceptors (Lipinski definition) is 6. The minimum absolute atomic E-state index is 0.106. The Morgan fingerprint density at radius 1 is 0.318 bits per heavy atom. The molecular formula is C60H96O6. The van der Waals surface area contributed by atoms with Crippen LogP contribution in [0.4, 0.5) is 0 Å². The van der Waals surface area contributed by atoms with E-state index in [0.29, 0.717) is 19.3 Å². The number of ether oxygens (including phenoxy) is 3. The molecule has 0 spiro atoms. The Morgan fingerprint density at radius 2 is 0.591 bits per heavy atom. The summed E-state index contributed by atoms with van der Waals surface area (Å²) in [7, 11) is 0. The van der Waals surface area contributed by atoms with Gasteiger partial charge in [-0.2, -0.15) is 0 Å². The minimum atomic E-state index is -0.810. The predicted octanol–water partition coefficient (Wildman–Crippen LogP) is 17.7. The first-order chi connectivity index (χ1) is 32.5. The van der Waals surface area contributed by atoms with Crippen molar-refractivity contribution in [2.24, 2.45) is 0 Å². The van der Waals surface area contributed by atoms with E-state index in [1.807, 2.05) is 0 Å². The molecule has 0 saturated carbocycles. The van der Waals surface area contributed by atoms with Crippen LogP contribution >= 0.6 is 0 Å². The fourth-order valence-electron chi connectivity index (χ4n) is 6.75. The van der Waals surface area contributed by atoms with Gasteiger partial charge in [0.2, 0.25) is 0 Å². The minimum Gasteiger partial charge on any atom is -0.462 e. The SMILES string of the molecule is CC/C=C\C/C=C\C/C=C\C/C=C\C/C=C\CCCCCCCCCC(=O)OCC(COC(=O)CCCCCCC/C=C\CCC)OC(=O)CCCC/C=C\C/C=C\C/C=C\C/C=C\CC. The second-order valence-corrected chi connectivity index (χ2v) is 17.0. The molecule has 6 nitrogen and oxygen atoms in total. The van der Waals surface area contributed by atoms with Crippen LogP contribution in [0.3, 0.4) is 0 Å². The van der Waals surface area contributed by atoms with Crippen molar-refractivity contribution < 1.29 is 28.6 Å². The van der Waals surface area contributed by atoms with Crippen LogP contribution in [0.25, 0.3) is 0 Å². The van der Waals surface area contributed by atoms with E-state index < -0.39 is 6.10 Å². The Morgan fingerprint density at radius 3 is 0.970 bits per heavy atom. The number of rotatable bonds is 46. The monoisotopic (exact) mass is 913 g/mol. The zero-order valence-electron chi connectivity index (χ0n) is 42.4. The first-order valence-corrected chi connectivity index (χ1v) is 26.5. The zero-order valence-corrected chi connectivity index (χ0v) is 42.4. The van der Waals surface area contributed by atoms with Gasteiger partial charge < -0.3 is 14.2 Å². The molecule has 0 N–H and O–H groups in total. The van der Waals surface area contributed by atoms with E-state index in [9.17, 15) is 14.4 Å². The number of allylic oxidation sites excluding steroid dienone is 20. The van der Waals surface area contributed by atoms with Crippen molar-refractivity contribution in [1.82, 2.24) is 0 Å². The average molecular weight is 913 g/mol. The van der Waals surface area contributed by atoms with Crippen molar-refractivity contribution in [3.63, 3.8) is 0 Å². The van der Waals surface area contributed by atoms with Gasteiger partial charge in [-0.15, -0.1) is 0 Å². The largest absolute Gasteiger partial charge is 0.462 e. The lowest BCUT2D eigenvalue weighted by atomic mass is 10.1. The number of hydrogen-bond donors (Lipinski definition) is 0. The van der Waals surface area contributed by atoms with Gasteiger partial charge in [-0.25, -0.2) is 0 Å². The van der Waals surface area contributed by atoms with Crippen molar-refractivity contribution in [1.29, 1.82) is 0 Å². The molecule has 372 valence electrons. The molecule has 0 amide bonds. The van der Waals surface area contributed by atoms with Gasteiger partial charge in [0.15, 0.2) is 6.10 Å².